The number of ether oxygens (including phenoxy) is 1. The number of benzene rings is 3. The molecule has 0 spiro atoms. The minimum Gasteiger partial charge on any atom is -0.481 e. The molecule has 240 valence electrons. The number of Topliss-reactive ketones (excluding diaryl/α,β-unsaturated/α-hetero) is 1. The minimum atomic E-state index is -2.44. The Morgan fingerprint density at radius 2 is 1.57 bits per heavy atom. The molecule has 0 saturated heterocycles. The molecule has 1 heterocycles. The second-order valence-electron chi connectivity index (χ2n) is 11.0. The van der Waals surface area contributed by atoms with E-state index in [2.05, 4.69) is 10.6 Å². The predicted octanol–water partition coefficient (Wildman–Crippen LogP) is 3.15. The highest BCUT2D eigenvalue weighted by atomic mass is 16.6. The zero-order valence-electron chi connectivity index (χ0n) is 25.0. The van der Waals surface area contributed by atoms with E-state index >= 15 is 0 Å². The monoisotopic (exact) mass is 632 g/mol. The predicted molar refractivity (Wildman–Crippen MR) is 163 cm³/mol. The van der Waals surface area contributed by atoms with E-state index in [1.165, 1.54) is 17.9 Å². The Balaban J connectivity index is 1.70. The molecule has 4 rings (SSSR count). The van der Waals surface area contributed by atoms with Gasteiger partial charge in [0.15, 0.2) is 17.1 Å². The Labute approximate surface area is 263 Å². The maximum atomic E-state index is 14.3. The lowest BCUT2D eigenvalue weighted by Crippen LogP contribution is -2.66. The molecule has 0 aliphatic carbocycles. The van der Waals surface area contributed by atoms with E-state index in [-0.39, 0.29) is 30.2 Å². The first kappa shape index (κ1) is 33.3. The average Bonchev–Trinajstić information content (AvgIpc) is 3.02. The summed E-state index contributed by atoms with van der Waals surface area (Å²) in [6, 6.07) is 19.3. The van der Waals surface area contributed by atoms with Crippen LogP contribution in [-0.2, 0) is 37.1 Å². The van der Waals surface area contributed by atoms with Gasteiger partial charge in [0, 0.05) is 25.6 Å². The maximum Gasteiger partial charge on any atom is 0.332 e. The Morgan fingerprint density at radius 1 is 1.00 bits per heavy atom. The van der Waals surface area contributed by atoms with E-state index in [1.807, 2.05) is 0 Å². The van der Waals surface area contributed by atoms with E-state index in [1.54, 1.807) is 60.7 Å². The number of fused-ring (bicyclic) bond motifs is 1. The number of anilines is 1. The van der Waals surface area contributed by atoms with Gasteiger partial charge in [-0.3, -0.25) is 34.2 Å². The lowest BCUT2D eigenvalue weighted by Gasteiger charge is -2.41. The summed E-state index contributed by atoms with van der Waals surface area (Å²) in [6.07, 6.45) is -1.32. The van der Waals surface area contributed by atoms with E-state index in [0.29, 0.717) is 11.1 Å². The fraction of sp³-hybridized carbons (Fsp3) is 0.281. The first-order valence-corrected chi connectivity index (χ1v) is 14.2. The van der Waals surface area contributed by atoms with Crippen LogP contribution in [0.3, 0.4) is 0 Å². The molecule has 0 radical (unpaired) electrons. The molecule has 3 aromatic rings. The van der Waals surface area contributed by atoms with Crippen molar-refractivity contribution in [1.82, 2.24) is 10.2 Å². The standard InChI is InChI=1S/C32H32N4O10/c1-20(33-28(40)31(2)29(41)34-24-14-13-23(36(44)45)17-25(24)46-31)27(39)32(30(42)43,16-15-26(37)38)35(18-21-9-5-3-6-10-21)19-22-11-7-4-8-12-22/h3-14,17,20H,15-16,18-19H2,1-2H3,(H,33,40)(H,34,41)(H,37,38)(H,42,43)/t20-,31?,32-/m0/s1. The second-order valence-corrected chi connectivity index (χ2v) is 11.0. The molecule has 0 bridgehead atoms. The number of nitro benzene ring substituents is 1. The van der Waals surface area contributed by atoms with E-state index in [9.17, 15) is 44.3 Å². The zero-order valence-corrected chi connectivity index (χ0v) is 25.0. The van der Waals surface area contributed by atoms with Crippen LogP contribution in [0.5, 0.6) is 5.75 Å². The molecular formula is C32H32N4O10. The molecule has 46 heavy (non-hydrogen) atoms. The Morgan fingerprint density at radius 3 is 2.07 bits per heavy atom. The number of nitrogens with one attached hydrogen (secondary N) is 2. The van der Waals surface area contributed by atoms with Crippen LogP contribution in [0, 0.1) is 10.1 Å². The summed E-state index contributed by atoms with van der Waals surface area (Å²) in [5, 5.41) is 36.4. The number of non-ortho nitro benzene ring substituents is 1. The Hall–Kier alpha value is -5.63. The van der Waals surface area contributed by atoms with Crippen molar-refractivity contribution < 1.29 is 43.8 Å². The molecule has 0 aromatic heterocycles. The van der Waals surface area contributed by atoms with Crippen molar-refractivity contribution >= 4 is 40.9 Å². The summed E-state index contributed by atoms with van der Waals surface area (Å²) >= 11 is 0. The van der Waals surface area contributed by atoms with Crippen LogP contribution in [0.1, 0.15) is 37.8 Å². The molecule has 3 aromatic carbocycles. The van der Waals surface area contributed by atoms with Gasteiger partial charge < -0.3 is 25.6 Å². The number of carbonyl (C=O) groups is 5. The molecule has 1 aliphatic rings. The summed E-state index contributed by atoms with van der Waals surface area (Å²) in [5.41, 5.74) is -3.73. The van der Waals surface area contributed by atoms with Gasteiger partial charge in [-0.2, -0.15) is 0 Å². The molecule has 4 N–H and O–H groups in total. The summed E-state index contributed by atoms with van der Waals surface area (Å²) in [4.78, 5) is 77.8. The number of rotatable bonds is 14. The number of carboxylic acid groups (broad SMARTS) is 2. The minimum absolute atomic E-state index is 0.0626. The fourth-order valence-corrected chi connectivity index (χ4v) is 5.23. The van der Waals surface area contributed by atoms with Gasteiger partial charge in [-0.15, -0.1) is 0 Å². The lowest BCUT2D eigenvalue weighted by molar-refractivity contribution is -0.385. The largest absolute Gasteiger partial charge is 0.481 e. The van der Waals surface area contributed by atoms with Crippen LogP contribution in [0.15, 0.2) is 78.9 Å². The van der Waals surface area contributed by atoms with Crippen LogP contribution in [0.25, 0.3) is 0 Å². The van der Waals surface area contributed by atoms with Gasteiger partial charge in [-0.1, -0.05) is 60.7 Å². The highest BCUT2D eigenvalue weighted by molar-refractivity contribution is 6.17. The summed E-state index contributed by atoms with van der Waals surface area (Å²) in [7, 11) is 0. The summed E-state index contributed by atoms with van der Waals surface area (Å²) in [5.74, 6) is -6.21. The first-order valence-electron chi connectivity index (χ1n) is 14.2. The number of nitrogens with zero attached hydrogens (tertiary/aromatic N) is 2. The highest BCUT2D eigenvalue weighted by Crippen LogP contribution is 2.37. The molecule has 14 heteroatoms. The molecule has 0 saturated carbocycles. The van der Waals surface area contributed by atoms with Gasteiger partial charge in [-0.25, -0.2) is 4.79 Å². The molecule has 0 fully saturated rings. The van der Waals surface area contributed by atoms with Crippen molar-refractivity contribution in [3.63, 3.8) is 0 Å². The lowest BCUT2D eigenvalue weighted by atomic mass is 9.82. The Bertz CT molecular complexity index is 1620. The van der Waals surface area contributed by atoms with Gasteiger partial charge in [0.05, 0.1) is 22.7 Å². The Kier molecular flexibility index (Phi) is 9.81. The third-order valence-electron chi connectivity index (χ3n) is 7.78. The molecule has 2 amide bonds. The molecular weight excluding hydrogens is 600 g/mol. The number of carboxylic acids is 2. The van der Waals surface area contributed by atoms with Crippen molar-refractivity contribution in [2.45, 2.75) is 57.0 Å². The molecule has 1 unspecified atom stereocenters. The van der Waals surface area contributed by atoms with Crippen molar-refractivity contribution in [3.05, 3.63) is 100 Å². The topological polar surface area (TPSA) is 205 Å². The quantitative estimate of drug-likeness (QED) is 0.115. The van der Waals surface area contributed by atoms with Crippen molar-refractivity contribution in [2.24, 2.45) is 0 Å². The van der Waals surface area contributed by atoms with Gasteiger partial charge in [-0.05, 0) is 37.5 Å². The highest BCUT2D eigenvalue weighted by Gasteiger charge is 2.54. The normalized spacial score (nSPS) is 17.4. The van der Waals surface area contributed by atoms with Crippen molar-refractivity contribution in [3.8, 4) is 5.75 Å². The van der Waals surface area contributed by atoms with Crippen LogP contribution < -0.4 is 15.4 Å². The van der Waals surface area contributed by atoms with Crippen LogP contribution >= 0.6 is 0 Å². The number of amides is 2. The molecule has 3 atom stereocenters. The summed E-state index contributed by atoms with van der Waals surface area (Å²) < 4.78 is 5.64. The van der Waals surface area contributed by atoms with Crippen LogP contribution in [0.2, 0.25) is 0 Å². The molecule has 14 nitrogen and oxygen atoms in total. The first-order chi connectivity index (χ1) is 21.8. The van der Waals surface area contributed by atoms with Gasteiger partial charge in [0.25, 0.3) is 23.1 Å². The zero-order chi connectivity index (χ0) is 33.6. The number of hydrogen-bond donors (Lipinski definition) is 4. The number of carbonyl (C=O) groups excluding carboxylic acids is 3. The van der Waals surface area contributed by atoms with E-state index < -0.39 is 64.5 Å². The van der Waals surface area contributed by atoms with Gasteiger partial charge in [0.2, 0.25) is 0 Å². The maximum absolute atomic E-state index is 14.3. The number of nitro groups is 1. The smallest absolute Gasteiger partial charge is 0.332 e. The van der Waals surface area contributed by atoms with E-state index in [4.69, 9.17) is 4.74 Å². The molecule has 1 aliphatic heterocycles. The third kappa shape index (κ3) is 6.86. The second kappa shape index (κ2) is 13.6. The van der Waals surface area contributed by atoms with Crippen LogP contribution in [-0.4, -0.2) is 66.8 Å². The number of ketones is 1. The SMILES string of the molecule is C[C@H](NC(=O)C1(C)Oc2cc([N+](=O)[O-])ccc2NC1=O)C(=O)[C@@](CCC(=O)O)(C(=O)O)N(Cc1ccccc1)Cc1ccccc1. The van der Waals surface area contributed by atoms with E-state index in [0.717, 1.165) is 19.1 Å². The van der Waals surface area contributed by atoms with Crippen LogP contribution in [0.4, 0.5) is 11.4 Å². The van der Waals surface area contributed by atoms with Gasteiger partial charge >= 0.3 is 11.9 Å². The van der Waals surface area contributed by atoms with Crippen molar-refractivity contribution in [1.29, 1.82) is 0 Å². The van der Waals surface area contributed by atoms with Crippen molar-refractivity contribution in [2.75, 3.05) is 5.32 Å². The third-order valence-corrected chi connectivity index (χ3v) is 7.78. The van der Waals surface area contributed by atoms with Gasteiger partial charge in [0.1, 0.15) is 0 Å². The number of hydrogen-bond acceptors (Lipinski definition) is 9. The fourth-order valence-electron chi connectivity index (χ4n) is 5.23. The number of aliphatic carboxylic acids is 2. The average molecular weight is 633 g/mol. The summed E-state index contributed by atoms with van der Waals surface area (Å²) in [6.45, 7) is 2.20.